The smallest absolute Gasteiger partial charge is 0.269 e. The molecule has 3 aliphatic rings. The highest BCUT2D eigenvalue weighted by Crippen LogP contribution is 2.57. The Morgan fingerprint density at radius 3 is 1.97 bits per heavy atom. The fourth-order valence-corrected chi connectivity index (χ4v) is 5.81. The molecule has 2 aliphatic heterocycles. The van der Waals surface area contributed by atoms with E-state index in [1.165, 1.54) is 36.4 Å². The summed E-state index contributed by atoms with van der Waals surface area (Å²) in [6, 6.07) is 18.3. The van der Waals surface area contributed by atoms with E-state index in [2.05, 4.69) is 22.6 Å². The van der Waals surface area contributed by atoms with Crippen molar-refractivity contribution in [2.24, 2.45) is 11.8 Å². The molecule has 9 nitrogen and oxygen atoms in total. The summed E-state index contributed by atoms with van der Waals surface area (Å²) in [4.78, 5) is 66.4. The van der Waals surface area contributed by atoms with Crippen LogP contribution in [0.2, 0.25) is 0 Å². The summed E-state index contributed by atoms with van der Waals surface area (Å²) in [6.07, 6.45) is -1.02. The lowest BCUT2D eigenvalue weighted by atomic mass is 9.77. The Kier molecular flexibility index (Phi) is 4.96. The number of hydrogen-bond donors (Lipinski definition) is 0. The van der Waals surface area contributed by atoms with Crippen LogP contribution >= 0.6 is 22.6 Å². The number of carbonyl (C=O) groups is 4. The average Bonchev–Trinajstić information content (AvgIpc) is 3.44. The van der Waals surface area contributed by atoms with Gasteiger partial charge in [0.25, 0.3) is 5.69 Å². The number of rotatable bonds is 3. The van der Waals surface area contributed by atoms with Crippen LogP contribution in [0, 0.1) is 25.5 Å². The first-order valence-electron chi connectivity index (χ1n) is 11.0. The maximum atomic E-state index is 13.8. The minimum absolute atomic E-state index is 0.122. The van der Waals surface area contributed by atoms with E-state index < -0.39 is 51.8 Å². The molecular formula is C26H15IN2O7. The molecule has 3 atom stereocenters. The van der Waals surface area contributed by atoms with Gasteiger partial charge in [-0.1, -0.05) is 36.4 Å². The molecule has 2 fully saturated rings. The minimum atomic E-state index is -2.16. The van der Waals surface area contributed by atoms with E-state index in [0.29, 0.717) is 5.56 Å². The molecule has 0 aromatic heterocycles. The predicted octanol–water partition coefficient (Wildman–Crippen LogP) is 3.89. The lowest BCUT2D eigenvalue weighted by Crippen LogP contribution is -2.51. The third-order valence-electron chi connectivity index (χ3n) is 7.04. The third kappa shape index (κ3) is 2.91. The Balaban J connectivity index is 1.51. The number of nitro groups is 1. The number of fused-ring (bicyclic) bond motifs is 3. The van der Waals surface area contributed by atoms with Gasteiger partial charge in [-0.15, -0.1) is 0 Å². The van der Waals surface area contributed by atoms with E-state index in [9.17, 15) is 29.3 Å². The van der Waals surface area contributed by atoms with Crippen LogP contribution in [-0.4, -0.2) is 33.9 Å². The highest BCUT2D eigenvalue weighted by molar-refractivity contribution is 14.1. The Hall–Kier alpha value is -3.77. The van der Waals surface area contributed by atoms with E-state index in [1.54, 1.807) is 24.3 Å². The zero-order chi connectivity index (χ0) is 25.4. The van der Waals surface area contributed by atoms with Crippen molar-refractivity contribution in [1.29, 1.82) is 0 Å². The van der Waals surface area contributed by atoms with Gasteiger partial charge in [0.15, 0.2) is 0 Å². The maximum Gasteiger partial charge on any atom is 0.269 e. The normalized spacial score (nSPS) is 23.9. The SMILES string of the molecule is O=C1[C@@H]2[C@@H](c3ccc(I)cc3)OC3(C(=O)c4ccccc4C3=O)[C@@H]2C(=O)N1c1ccc([N+](=O)[O-])cc1. The molecule has 1 spiro atoms. The van der Waals surface area contributed by atoms with Gasteiger partial charge < -0.3 is 4.74 Å². The molecule has 2 saturated heterocycles. The lowest BCUT2D eigenvalue weighted by Gasteiger charge is -2.27. The van der Waals surface area contributed by atoms with Crippen LogP contribution in [0.25, 0.3) is 0 Å². The van der Waals surface area contributed by atoms with E-state index in [1.807, 2.05) is 12.1 Å². The number of amides is 2. The molecule has 0 saturated carbocycles. The monoisotopic (exact) mass is 594 g/mol. The van der Waals surface area contributed by atoms with Gasteiger partial charge in [0.1, 0.15) is 0 Å². The van der Waals surface area contributed by atoms with Crippen molar-refractivity contribution >= 4 is 57.3 Å². The van der Waals surface area contributed by atoms with Crippen LogP contribution in [0.4, 0.5) is 11.4 Å². The highest BCUT2D eigenvalue weighted by Gasteiger charge is 2.74. The fraction of sp³-hybridized carbons (Fsp3) is 0.154. The minimum Gasteiger partial charge on any atom is -0.349 e. The molecule has 10 heteroatoms. The average molecular weight is 594 g/mol. The van der Waals surface area contributed by atoms with Gasteiger partial charge in [0.2, 0.25) is 29.0 Å². The molecule has 3 aromatic carbocycles. The standard InChI is InChI=1S/C26H15IN2O7/c27-14-7-5-13(6-8-14)21-19-20(26(36-21)22(30)17-3-1-2-4-18(17)23(26)31)25(33)28(24(19)32)15-9-11-16(12-10-15)29(34)35/h1-12,19-21H/t19-,20-,21+/m0/s1. The first-order valence-corrected chi connectivity index (χ1v) is 12.1. The zero-order valence-electron chi connectivity index (χ0n) is 18.3. The second-order valence-electron chi connectivity index (χ2n) is 8.82. The van der Waals surface area contributed by atoms with Crippen molar-refractivity contribution in [3.8, 4) is 0 Å². The van der Waals surface area contributed by atoms with Gasteiger partial charge >= 0.3 is 0 Å². The second kappa shape index (κ2) is 7.87. The quantitative estimate of drug-likeness (QED) is 0.148. The number of carbonyl (C=O) groups excluding carboxylic acids is 4. The largest absolute Gasteiger partial charge is 0.349 e. The summed E-state index contributed by atoms with van der Waals surface area (Å²) in [6.45, 7) is 0. The van der Waals surface area contributed by atoms with Gasteiger partial charge in [-0.2, -0.15) is 0 Å². The number of anilines is 1. The van der Waals surface area contributed by atoms with Crippen molar-refractivity contribution in [2.75, 3.05) is 4.90 Å². The summed E-state index contributed by atoms with van der Waals surface area (Å²) in [5, 5.41) is 11.1. The fourth-order valence-electron chi connectivity index (χ4n) is 5.45. The van der Waals surface area contributed by atoms with Crippen LogP contribution in [0.5, 0.6) is 0 Å². The number of benzene rings is 3. The Morgan fingerprint density at radius 2 is 1.42 bits per heavy atom. The molecule has 0 bridgehead atoms. The number of non-ortho nitro benzene ring substituents is 1. The second-order valence-corrected chi connectivity index (χ2v) is 10.1. The molecule has 6 rings (SSSR count). The summed E-state index contributed by atoms with van der Waals surface area (Å²) < 4.78 is 7.16. The molecule has 36 heavy (non-hydrogen) atoms. The number of hydrogen-bond acceptors (Lipinski definition) is 7. The molecular weight excluding hydrogens is 579 g/mol. The maximum absolute atomic E-state index is 13.8. The number of halogens is 1. The molecule has 3 aromatic rings. The van der Waals surface area contributed by atoms with E-state index in [-0.39, 0.29) is 22.5 Å². The van der Waals surface area contributed by atoms with Crippen molar-refractivity contribution < 1.29 is 28.8 Å². The van der Waals surface area contributed by atoms with Gasteiger partial charge in [0, 0.05) is 26.8 Å². The van der Waals surface area contributed by atoms with Crippen molar-refractivity contribution in [2.45, 2.75) is 11.7 Å². The van der Waals surface area contributed by atoms with Gasteiger partial charge in [-0.3, -0.25) is 29.3 Å². The summed E-state index contributed by atoms with van der Waals surface area (Å²) in [5.41, 5.74) is -1.38. The summed E-state index contributed by atoms with van der Waals surface area (Å²) in [7, 11) is 0. The topological polar surface area (TPSA) is 124 Å². The van der Waals surface area contributed by atoms with E-state index >= 15 is 0 Å². The van der Waals surface area contributed by atoms with Gasteiger partial charge in [-0.05, 0) is 52.4 Å². The number of nitrogens with zero attached hydrogens (tertiary/aromatic N) is 2. The third-order valence-corrected chi connectivity index (χ3v) is 7.76. The Bertz CT molecular complexity index is 1460. The van der Waals surface area contributed by atoms with Crippen LogP contribution < -0.4 is 4.90 Å². The highest BCUT2D eigenvalue weighted by atomic mass is 127. The molecule has 0 unspecified atom stereocenters. The number of nitro benzene ring substituents is 1. The van der Waals surface area contributed by atoms with Crippen molar-refractivity contribution in [1.82, 2.24) is 0 Å². The Labute approximate surface area is 217 Å². The summed E-state index contributed by atoms with van der Waals surface area (Å²) in [5.74, 6) is -5.17. The number of Topliss-reactive ketones (excluding diaryl/α,β-unsaturated/α-hetero) is 2. The Morgan fingerprint density at radius 1 is 0.833 bits per heavy atom. The summed E-state index contributed by atoms with van der Waals surface area (Å²) >= 11 is 2.13. The molecule has 178 valence electrons. The number of imide groups is 1. The van der Waals surface area contributed by atoms with Gasteiger partial charge in [0.05, 0.1) is 28.6 Å². The van der Waals surface area contributed by atoms with Crippen LogP contribution in [-0.2, 0) is 14.3 Å². The van der Waals surface area contributed by atoms with Crippen molar-refractivity contribution in [3.05, 3.63) is 103 Å². The molecule has 0 radical (unpaired) electrons. The first kappa shape index (κ1) is 22.7. The lowest BCUT2D eigenvalue weighted by molar-refractivity contribution is -0.384. The van der Waals surface area contributed by atoms with E-state index in [0.717, 1.165) is 8.47 Å². The van der Waals surface area contributed by atoms with Crippen LogP contribution in [0.15, 0.2) is 72.8 Å². The first-order chi connectivity index (χ1) is 17.3. The van der Waals surface area contributed by atoms with Gasteiger partial charge in [-0.25, -0.2) is 4.90 Å². The molecule has 2 amide bonds. The molecule has 0 N–H and O–H groups in total. The zero-order valence-corrected chi connectivity index (χ0v) is 20.4. The number of ether oxygens (including phenoxy) is 1. The molecule has 1 aliphatic carbocycles. The number of ketones is 2. The molecule has 2 heterocycles. The van der Waals surface area contributed by atoms with Crippen LogP contribution in [0.1, 0.15) is 32.4 Å². The van der Waals surface area contributed by atoms with Crippen LogP contribution in [0.3, 0.4) is 0 Å². The van der Waals surface area contributed by atoms with E-state index in [4.69, 9.17) is 4.74 Å². The van der Waals surface area contributed by atoms with Crippen molar-refractivity contribution in [3.63, 3.8) is 0 Å². The predicted molar refractivity (Wildman–Crippen MR) is 133 cm³/mol.